The summed E-state index contributed by atoms with van der Waals surface area (Å²) in [7, 11) is 0. The molecule has 1 aromatic rings. The molecule has 5 aliphatic carbocycles. The third-order valence-corrected chi connectivity index (χ3v) is 21.5. The molecule has 0 amide bonds. The van der Waals surface area contributed by atoms with Crippen LogP contribution in [-0.4, -0.2) is 199 Å². The SMILES string of the molecule is CC1(C=O)CC2C(C)(CC1OC(=O)c1ccccc1)C(O)CC1(C)C3(C)CCC4C(C)(C)C(OC5OCC(OC6OC(CO)C(O)C(O)C6O)C(O)C5OC5OC(CO)C(O)C(O)C5O)CCC4(C)C3CC3OC321. The van der Waals surface area contributed by atoms with Gasteiger partial charge in [0.15, 0.2) is 18.9 Å². The Bertz CT molecular complexity index is 2220. The molecule has 0 aromatic heterocycles. The number of epoxide rings is 1. The van der Waals surface area contributed by atoms with E-state index in [1.165, 1.54) is 0 Å². The normalized spacial score (nSPS) is 54.5. The van der Waals surface area contributed by atoms with Gasteiger partial charge in [-0.25, -0.2) is 4.79 Å². The van der Waals surface area contributed by atoms with E-state index in [2.05, 4.69) is 41.5 Å². The lowest BCUT2D eigenvalue weighted by atomic mass is 9.31. The van der Waals surface area contributed by atoms with Crippen molar-refractivity contribution in [3.05, 3.63) is 35.9 Å². The predicted octanol–water partition coefficient (Wildman–Crippen LogP) is 0.477. The minimum atomic E-state index is -1.85. The van der Waals surface area contributed by atoms with Gasteiger partial charge in [-0.15, -0.1) is 0 Å². The summed E-state index contributed by atoms with van der Waals surface area (Å²) in [6.07, 6.45) is -18.8. The first-order valence-electron chi connectivity index (χ1n) is 26.8. The van der Waals surface area contributed by atoms with Crippen molar-refractivity contribution in [3.63, 3.8) is 0 Å². The average Bonchev–Trinajstić information content (AvgIpc) is 4.12. The van der Waals surface area contributed by atoms with Gasteiger partial charge in [-0.1, -0.05) is 59.7 Å². The van der Waals surface area contributed by atoms with Crippen LogP contribution in [0.5, 0.6) is 0 Å². The summed E-state index contributed by atoms with van der Waals surface area (Å²) in [4.78, 5) is 26.7. The number of carbonyl (C=O) groups is 2. The van der Waals surface area contributed by atoms with Gasteiger partial charge in [0.05, 0.1) is 49.1 Å². The molecule has 0 bridgehead atoms. The van der Waals surface area contributed by atoms with Crippen LogP contribution in [0.15, 0.2) is 30.3 Å². The molecular formula is C54H80O20. The van der Waals surface area contributed by atoms with Crippen molar-refractivity contribution in [2.75, 3.05) is 19.8 Å². The molecule has 27 atom stereocenters. The fourth-order valence-corrected chi connectivity index (χ4v) is 16.9. The first-order valence-corrected chi connectivity index (χ1v) is 26.8. The molecule has 4 aliphatic heterocycles. The van der Waals surface area contributed by atoms with Crippen molar-refractivity contribution < 1.29 is 98.5 Å². The Labute approximate surface area is 431 Å². The number of aliphatic hydroxyl groups excluding tert-OH is 10. The maximum atomic E-state index is 13.5. The quantitative estimate of drug-likeness (QED) is 0.0624. The van der Waals surface area contributed by atoms with Crippen LogP contribution in [0, 0.1) is 50.2 Å². The lowest BCUT2D eigenvalue weighted by Gasteiger charge is -2.73. The van der Waals surface area contributed by atoms with E-state index in [-0.39, 0.29) is 41.3 Å². The van der Waals surface area contributed by atoms with E-state index in [0.29, 0.717) is 31.2 Å². The number of carbonyl (C=O) groups excluding carboxylic acids is 2. The molecule has 20 nitrogen and oxygen atoms in total. The Morgan fingerprint density at radius 2 is 1.28 bits per heavy atom. The Balaban J connectivity index is 0.888. The van der Waals surface area contributed by atoms with Crippen LogP contribution in [-0.2, 0) is 42.7 Å². The summed E-state index contributed by atoms with van der Waals surface area (Å²) in [6, 6.07) is 8.74. The summed E-state index contributed by atoms with van der Waals surface area (Å²) < 4.78 is 50.0. The van der Waals surface area contributed by atoms with Crippen molar-refractivity contribution in [1.82, 2.24) is 0 Å². The topological polar surface area (TPSA) is 314 Å². The van der Waals surface area contributed by atoms with Gasteiger partial charge >= 0.3 is 5.97 Å². The highest BCUT2D eigenvalue weighted by atomic mass is 16.8. The third-order valence-electron chi connectivity index (χ3n) is 21.5. The molecule has 4 saturated heterocycles. The smallest absolute Gasteiger partial charge is 0.338 e. The van der Waals surface area contributed by atoms with Crippen molar-refractivity contribution in [2.45, 2.75) is 216 Å². The van der Waals surface area contributed by atoms with Crippen molar-refractivity contribution in [3.8, 4) is 0 Å². The lowest BCUT2D eigenvalue weighted by Crippen LogP contribution is -2.73. The molecule has 20 heteroatoms. The molecule has 5 saturated carbocycles. The van der Waals surface area contributed by atoms with Crippen LogP contribution >= 0.6 is 0 Å². The van der Waals surface area contributed by atoms with E-state index in [1.807, 2.05) is 13.0 Å². The lowest BCUT2D eigenvalue weighted by molar-refractivity contribution is -0.382. The Morgan fingerprint density at radius 1 is 0.662 bits per heavy atom. The highest BCUT2D eigenvalue weighted by molar-refractivity contribution is 5.89. The summed E-state index contributed by atoms with van der Waals surface area (Å²) in [5, 5.41) is 108. The number of ether oxygens (including phenoxy) is 8. The van der Waals surface area contributed by atoms with Gasteiger partial charge in [-0.05, 0) is 98.5 Å². The first-order chi connectivity index (χ1) is 34.8. The van der Waals surface area contributed by atoms with Crippen molar-refractivity contribution >= 4 is 12.3 Å². The predicted molar refractivity (Wildman–Crippen MR) is 255 cm³/mol. The zero-order valence-electron chi connectivity index (χ0n) is 43.4. The fraction of sp³-hybridized carbons (Fsp3) is 0.852. The molecular weight excluding hydrogens is 969 g/mol. The zero-order chi connectivity index (χ0) is 53.5. The minimum absolute atomic E-state index is 0.0918. The van der Waals surface area contributed by atoms with Gasteiger partial charge < -0.3 is 93.8 Å². The van der Waals surface area contributed by atoms with Gasteiger partial charge in [-0.2, -0.15) is 0 Å². The molecule has 416 valence electrons. The van der Waals surface area contributed by atoms with Gasteiger partial charge in [0.1, 0.15) is 85.1 Å². The molecule has 10 rings (SSSR count). The van der Waals surface area contributed by atoms with Crippen LogP contribution in [0.4, 0.5) is 0 Å². The van der Waals surface area contributed by atoms with Gasteiger partial charge in [-0.3, -0.25) is 0 Å². The maximum absolute atomic E-state index is 13.5. The van der Waals surface area contributed by atoms with E-state index in [1.54, 1.807) is 24.3 Å². The number of esters is 1. The molecule has 27 unspecified atom stereocenters. The average molecular weight is 1050 g/mol. The second-order valence-electron chi connectivity index (χ2n) is 25.5. The van der Waals surface area contributed by atoms with Crippen LogP contribution in [0.1, 0.15) is 110 Å². The van der Waals surface area contributed by atoms with Crippen LogP contribution in [0.25, 0.3) is 0 Å². The van der Waals surface area contributed by atoms with Crippen molar-refractivity contribution in [1.29, 1.82) is 0 Å². The summed E-state index contributed by atoms with van der Waals surface area (Å²) in [6.45, 7) is 13.5. The molecule has 9 aliphatic rings. The molecule has 1 aromatic carbocycles. The standard InChI is InChI=1S/C54H80O20/c1-48(2)29-13-16-52(6)30(17-34-54(74-34)31-18-49(3,24-57)35(71-44(66)25-11-9-8-10-12-25)20-51(31,5)32(58)19-53(52,54)7)50(29,4)15-14-33(48)72-47-43(73-46-42(65)40(63)37(60)27(22-56)69-46)38(61)28(23-67-47)70-45-41(64)39(62)36(59)26(21-55)68-45/h8-12,24,26-43,45-47,55-56,58-65H,13-23H2,1-7H3. The largest absolute Gasteiger partial charge is 0.458 e. The Hall–Kier alpha value is -2.32. The van der Waals surface area contributed by atoms with E-state index < -0.39 is 151 Å². The fourth-order valence-electron chi connectivity index (χ4n) is 16.9. The highest BCUT2D eigenvalue weighted by Crippen LogP contribution is 2.83. The number of rotatable bonds is 11. The zero-order valence-corrected chi connectivity index (χ0v) is 43.4. The van der Waals surface area contributed by atoms with Crippen LogP contribution in [0.2, 0.25) is 0 Å². The number of aliphatic hydroxyl groups is 10. The second kappa shape index (κ2) is 19.2. The van der Waals surface area contributed by atoms with Crippen molar-refractivity contribution in [2.24, 2.45) is 50.2 Å². The number of aldehydes is 1. The maximum Gasteiger partial charge on any atom is 0.338 e. The summed E-state index contributed by atoms with van der Waals surface area (Å²) in [5.74, 6) is -0.439. The number of hydrogen-bond acceptors (Lipinski definition) is 20. The molecule has 10 N–H and O–H groups in total. The summed E-state index contributed by atoms with van der Waals surface area (Å²) in [5.41, 5.74) is -3.50. The third kappa shape index (κ3) is 8.08. The summed E-state index contributed by atoms with van der Waals surface area (Å²) >= 11 is 0. The Kier molecular flexibility index (Phi) is 14.3. The molecule has 9 fully saturated rings. The number of hydrogen-bond donors (Lipinski definition) is 10. The van der Waals surface area contributed by atoms with E-state index in [4.69, 9.17) is 37.9 Å². The number of benzene rings is 1. The van der Waals surface area contributed by atoms with Gasteiger partial charge in [0.25, 0.3) is 0 Å². The number of fused-ring (bicyclic) bond motifs is 5. The van der Waals surface area contributed by atoms with Gasteiger partial charge in [0.2, 0.25) is 0 Å². The molecule has 0 radical (unpaired) electrons. The molecule has 74 heavy (non-hydrogen) atoms. The Morgan fingerprint density at radius 3 is 1.89 bits per heavy atom. The van der Waals surface area contributed by atoms with E-state index in [9.17, 15) is 60.7 Å². The first kappa shape index (κ1) is 55.0. The second-order valence-corrected chi connectivity index (χ2v) is 25.5. The minimum Gasteiger partial charge on any atom is -0.458 e. The van der Waals surface area contributed by atoms with E-state index in [0.717, 1.165) is 32.0 Å². The van der Waals surface area contributed by atoms with E-state index >= 15 is 0 Å². The monoisotopic (exact) mass is 1050 g/mol. The molecule has 4 heterocycles. The molecule has 1 spiro atoms. The van der Waals surface area contributed by atoms with Gasteiger partial charge in [0, 0.05) is 16.7 Å². The van der Waals surface area contributed by atoms with Crippen LogP contribution < -0.4 is 0 Å². The van der Waals surface area contributed by atoms with Crippen LogP contribution in [0.3, 0.4) is 0 Å². The highest BCUT2D eigenvalue weighted by Gasteiger charge is 2.86.